The van der Waals surface area contributed by atoms with Gasteiger partial charge in [-0.05, 0) is 42.0 Å². The van der Waals surface area contributed by atoms with Crippen LogP contribution in [-0.2, 0) is 6.42 Å². The molecule has 19 heavy (non-hydrogen) atoms. The van der Waals surface area contributed by atoms with Crippen LogP contribution in [0.25, 0.3) is 0 Å². The second-order valence-electron chi connectivity index (χ2n) is 4.33. The molecule has 100 valence electrons. The van der Waals surface area contributed by atoms with Crippen molar-refractivity contribution in [3.05, 3.63) is 65.2 Å². The Morgan fingerprint density at radius 2 is 1.74 bits per heavy atom. The highest BCUT2D eigenvalue weighted by Crippen LogP contribution is 2.26. The quantitative estimate of drug-likeness (QED) is 0.858. The van der Waals surface area contributed by atoms with Gasteiger partial charge >= 0.3 is 0 Å². The minimum atomic E-state index is -0.569. The molecule has 1 atom stereocenters. The first kappa shape index (κ1) is 14.0. The summed E-state index contributed by atoms with van der Waals surface area (Å²) >= 11 is 1.61. The van der Waals surface area contributed by atoms with E-state index in [1.54, 1.807) is 11.8 Å². The third-order valence-electron chi connectivity index (χ3n) is 2.92. The number of nitrogens with two attached hydrogens (primary N) is 1. The van der Waals surface area contributed by atoms with Crippen LogP contribution in [0.1, 0.15) is 17.2 Å². The Morgan fingerprint density at radius 1 is 1.11 bits per heavy atom. The maximum Gasteiger partial charge on any atom is 0.126 e. The summed E-state index contributed by atoms with van der Waals surface area (Å²) in [5.41, 5.74) is 7.72. The van der Waals surface area contributed by atoms with Crippen LogP contribution in [0.5, 0.6) is 0 Å². The summed E-state index contributed by atoms with van der Waals surface area (Å²) < 4.78 is 26.3. The fourth-order valence-corrected chi connectivity index (χ4v) is 2.74. The molecule has 2 aromatic rings. The largest absolute Gasteiger partial charge is 0.324 e. The molecular formula is C15H15F2NS. The zero-order valence-corrected chi connectivity index (χ0v) is 11.4. The average molecular weight is 279 g/mol. The number of thioether (sulfide) groups is 1. The van der Waals surface area contributed by atoms with Crippen molar-refractivity contribution in [3.8, 4) is 0 Å². The molecule has 0 saturated heterocycles. The molecule has 0 saturated carbocycles. The lowest BCUT2D eigenvalue weighted by molar-refractivity contribution is 0.576. The third-order valence-corrected chi connectivity index (χ3v) is 3.73. The first-order valence-electron chi connectivity index (χ1n) is 5.93. The molecule has 0 aromatic heterocycles. The molecule has 2 rings (SSSR count). The lowest BCUT2D eigenvalue weighted by Crippen LogP contribution is -2.14. The van der Waals surface area contributed by atoms with Crippen LogP contribution in [0.2, 0.25) is 0 Å². The van der Waals surface area contributed by atoms with E-state index in [0.29, 0.717) is 12.0 Å². The van der Waals surface area contributed by atoms with Gasteiger partial charge in [-0.1, -0.05) is 18.2 Å². The lowest BCUT2D eigenvalue weighted by atomic mass is 9.99. The monoisotopic (exact) mass is 279 g/mol. The SMILES string of the molecule is CSc1ccccc1C(N)Cc1cc(F)cc(F)c1. The molecule has 0 heterocycles. The molecule has 0 aliphatic carbocycles. The Bertz CT molecular complexity index is 552. The zero-order valence-electron chi connectivity index (χ0n) is 10.6. The Labute approximate surface area is 115 Å². The number of hydrogen-bond donors (Lipinski definition) is 1. The summed E-state index contributed by atoms with van der Waals surface area (Å²) in [6.07, 6.45) is 2.39. The number of benzene rings is 2. The highest BCUT2D eigenvalue weighted by atomic mass is 32.2. The predicted octanol–water partition coefficient (Wildman–Crippen LogP) is 3.93. The third kappa shape index (κ3) is 3.55. The Hall–Kier alpha value is -1.39. The van der Waals surface area contributed by atoms with Gasteiger partial charge in [-0.2, -0.15) is 0 Å². The van der Waals surface area contributed by atoms with Crippen molar-refractivity contribution >= 4 is 11.8 Å². The Morgan fingerprint density at radius 3 is 2.37 bits per heavy atom. The first-order chi connectivity index (χ1) is 9.10. The molecule has 2 N–H and O–H groups in total. The van der Waals surface area contributed by atoms with Crippen molar-refractivity contribution in [2.45, 2.75) is 17.4 Å². The van der Waals surface area contributed by atoms with Crippen LogP contribution >= 0.6 is 11.8 Å². The molecule has 0 radical (unpaired) electrons. The van der Waals surface area contributed by atoms with E-state index in [9.17, 15) is 8.78 Å². The van der Waals surface area contributed by atoms with Gasteiger partial charge in [-0.25, -0.2) is 8.78 Å². The molecule has 0 aliphatic rings. The molecule has 4 heteroatoms. The Kier molecular flexibility index (Phi) is 4.56. The fraction of sp³-hybridized carbons (Fsp3) is 0.200. The van der Waals surface area contributed by atoms with Crippen LogP contribution < -0.4 is 5.73 Å². The molecule has 0 amide bonds. The summed E-state index contributed by atoms with van der Waals surface area (Å²) in [6, 6.07) is 11.0. The summed E-state index contributed by atoms with van der Waals surface area (Å²) in [7, 11) is 0. The lowest BCUT2D eigenvalue weighted by Gasteiger charge is -2.15. The van der Waals surface area contributed by atoms with Gasteiger partial charge in [0.1, 0.15) is 11.6 Å². The highest BCUT2D eigenvalue weighted by molar-refractivity contribution is 7.98. The van der Waals surface area contributed by atoms with E-state index in [0.717, 1.165) is 16.5 Å². The molecule has 1 nitrogen and oxygen atoms in total. The van der Waals surface area contributed by atoms with E-state index in [1.807, 2.05) is 30.5 Å². The standard InChI is InChI=1S/C15H15F2NS/c1-19-15-5-3-2-4-13(15)14(18)8-10-6-11(16)9-12(17)7-10/h2-7,9,14H,8,18H2,1H3. The van der Waals surface area contributed by atoms with E-state index < -0.39 is 11.6 Å². The van der Waals surface area contributed by atoms with Gasteiger partial charge in [-0.3, -0.25) is 0 Å². The zero-order chi connectivity index (χ0) is 13.8. The van der Waals surface area contributed by atoms with Crippen LogP contribution in [0.3, 0.4) is 0 Å². The molecular weight excluding hydrogens is 264 g/mol. The minimum absolute atomic E-state index is 0.273. The van der Waals surface area contributed by atoms with Gasteiger partial charge < -0.3 is 5.73 Å². The van der Waals surface area contributed by atoms with Gasteiger partial charge in [0.25, 0.3) is 0 Å². The van der Waals surface area contributed by atoms with Crippen LogP contribution in [-0.4, -0.2) is 6.26 Å². The molecule has 2 aromatic carbocycles. The van der Waals surface area contributed by atoms with Gasteiger partial charge in [0.15, 0.2) is 0 Å². The number of rotatable bonds is 4. The molecule has 0 aliphatic heterocycles. The van der Waals surface area contributed by atoms with Crippen molar-refractivity contribution in [2.75, 3.05) is 6.26 Å². The van der Waals surface area contributed by atoms with Gasteiger partial charge in [0.05, 0.1) is 0 Å². The van der Waals surface area contributed by atoms with Crippen molar-refractivity contribution in [3.63, 3.8) is 0 Å². The van der Waals surface area contributed by atoms with Crippen molar-refractivity contribution in [2.24, 2.45) is 5.73 Å². The van der Waals surface area contributed by atoms with E-state index >= 15 is 0 Å². The first-order valence-corrected chi connectivity index (χ1v) is 7.16. The van der Waals surface area contributed by atoms with E-state index in [2.05, 4.69) is 0 Å². The molecule has 0 spiro atoms. The van der Waals surface area contributed by atoms with Gasteiger partial charge in [0.2, 0.25) is 0 Å². The second kappa shape index (κ2) is 6.17. The van der Waals surface area contributed by atoms with Crippen LogP contribution in [0.4, 0.5) is 8.78 Å². The summed E-state index contributed by atoms with van der Waals surface area (Å²) in [4.78, 5) is 1.09. The maximum atomic E-state index is 13.1. The fourth-order valence-electron chi connectivity index (χ4n) is 2.07. The van der Waals surface area contributed by atoms with Crippen molar-refractivity contribution < 1.29 is 8.78 Å². The van der Waals surface area contributed by atoms with Crippen molar-refractivity contribution in [1.82, 2.24) is 0 Å². The minimum Gasteiger partial charge on any atom is -0.324 e. The van der Waals surface area contributed by atoms with Crippen LogP contribution in [0.15, 0.2) is 47.4 Å². The Balaban J connectivity index is 2.22. The summed E-state index contributed by atoms with van der Waals surface area (Å²) in [5, 5.41) is 0. The average Bonchev–Trinajstić information content (AvgIpc) is 2.37. The predicted molar refractivity (Wildman–Crippen MR) is 75.2 cm³/mol. The number of halogens is 2. The van der Waals surface area contributed by atoms with Gasteiger partial charge in [-0.15, -0.1) is 11.8 Å². The summed E-state index contributed by atoms with van der Waals surface area (Å²) in [6.45, 7) is 0. The maximum absolute atomic E-state index is 13.1. The number of hydrogen-bond acceptors (Lipinski definition) is 2. The van der Waals surface area contributed by atoms with Crippen LogP contribution in [0, 0.1) is 11.6 Å². The van der Waals surface area contributed by atoms with Crippen molar-refractivity contribution in [1.29, 1.82) is 0 Å². The second-order valence-corrected chi connectivity index (χ2v) is 5.18. The summed E-state index contributed by atoms with van der Waals surface area (Å²) in [5.74, 6) is -1.14. The van der Waals surface area contributed by atoms with E-state index in [-0.39, 0.29) is 6.04 Å². The van der Waals surface area contributed by atoms with E-state index in [1.165, 1.54) is 12.1 Å². The smallest absolute Gasteiger partial charge is 0.126 e. The topological polar surface area (TPSA) is 26.0 Å². The normalized spacial score (nSPS) is 12.4. The van der Waals surface area contributed by atoms with E-state index in [4.69, 9.17) is 5.73 Å². The molecule has 0 fully saturated rings. The molecule has 0 bridgehead atoms. The molecule has 1 unspecified atom stereocenters. The van der Waals surface area contributed by atoms with Gasteiger partial charge in [0, 0.05) is 17.0 Å². The highest BCUT2D eigenvalue weighted by Gasteiger charge is 2.12.